The summed E-state index contributed by atoms with van der Waals surface area (Å²) in [5.41, 5.74) is 5.45. The van der Waals surface area contributed by atoms with Crippen LogP contribution in [-0.4, -0.2) is 24.9 Å². The van der Waals surface area contributed by atoms with E-state index >= 15 is 0 Å². The number of nitro benzene ring substituents is 1. The van der Waals surface area contributed by atoms with Gasteiger partial charge in [-0.25, -0.2) is 4.68 Å². The minimum atomic E-state index is -0.451. The van der Waals surface area contributed by atoms with Gasteiger partial charge in [0.25, 0.3) is 5.69 Å². The Hall–Kier alpha value is -4.85. The van der Waals surface area contributed by atoms with Crippen molar-refractivity contribution in [2.45, 2.75) is 6.92 Å². The van der Waals surface area contributed by atoms with Gasteiger partial charge in [-0.3, -0.25) is 10.1 Å². The Balaban J connectivity index is 1.46. The van der Waals surface area contributed by atoms with Crippen LogP contribution in [0.3, 0.4) is 0 Å². The van der Waals surface area contributed by atoms with E-state index in [4.69, 9.17) is 9.52 Å². The number of aromatic nitrogens is 4. The molecule has 5 aromatic rings. The molecule has 0 fully saturated rings. The molecule has 166 valence electrons. The van der Waals surface area contributed by atoms with Gasteiger partial charge in [-0.15, -0.1) is 10.2 Å². The lowest BCUT2D eigenvalue weighted by atomic mass is 10.1. The molecule has 0 aliphatic rings. The largest absolute Gasteiger partial charge is 0.417 e. The van der Waals surface area contributed by atoms with Crippen molar-refractivity contribution in [2.75, 3.05) is 0 Å². The van der Waals surface area contributed by atoms with Gasteiger partial charge >= 0.3 is 0 Å². The van der Waals surface area contributed by atoms with Crippen LogP contribution in [0, 0.1) is 17.0 Å². The molecule has 0 bridgehead atoms. The third kappa shape index (κ3) is 4.37. The first-order chi connectivity index (χ1) is 16.6. The fourth-order valence-electron chi connectivity index (χ4n) is 3.46. The van der Waals surface area contributed by atoms with Crippen LogP contribution in [0.1, 0.15) is 17.0 Å². The predicted octanol–water partition coefficient (Wildman–Crippen LogP) is 5.98. The summed E-state index contributed by atoms with van der Waals surface area (Å²) < 4.78 is 7.58. The molecule has 3 aromatic carbocycles. The van der Waals surface area contributed by atoms with Gasteiger partial charge < -0.3 is 4.42 Å². The number of benzene rings is 3. The number of aryl methyl sites for hydroxylation is 1. The van der Waals surface area contributed by atoms with Crippen molar-refractivity contribution in [3.8, 4) is 28.4 Å². The average molecular weight is 449 g/mol. The van der Waals surface area contributed by atoms with Crippen LogP contribution in [0.5, 0.6) is 0 Å². The molecular formula is C26H19N5O3. The molecule has 0 aliphatic heterocycles. The van der Waals surface area contributed by atoms with Crippen molar-refractivity contribution in [3.63, 3.8) is 0 Å². The van der Waals surface area contributed by atoms with Gasteiger partial charge in [0.05, 0.1) is 16.3 Å². The zero-order valence-corrected chi connectivity index (χ0v) is 18.2. The molecule has 0 aliphatic carbocycles. The Bertz CT molecular complexity index is 1470. The summed E-state index contributed by atoms with van der Waals surface area (Å²) in [6.07, 6.45) is 5.56. The van der Waals surface area contributed by atoms with Gasteiger partial charge in [0, 0.05) is 41.1 Å². The predicted molar refractivity (Wildman–Crippen MR) is 129 cm³/mol. The van der Waals surface area contributed by atoms with Gasteiger partial charge in [0.1, 0.15) is 0 Å². The fourth-order valence-corrected chi connectivity index (χ4v) is 3.46. The molecule has 2 heterocycles. The molecule has 5 rings (SSSR count). The molecular weight excluding hydrogens is 430 g/mol. The molecule has 8 heteroatoms. The number of nitro groups is 1. The second kappa shape index (κ2) is 8.95. The van der Waals surface area contributed by atoms with Crippen molar-refractivity contribution >= 4 is 17.8 Å². The third-order valence-corrected chi connectivity index (χ3v) is 5.26. The second-order valence-electron chi connectivity index (χ2n) is 7.66. The van der Waals surface area contributed by atoms with Crippen LogP contribution >= 0.6 is 0 Å². The quantitative estimate of drug-likeness (QED) is 0.234. The summed E-state index contributed by atoms with van der Waals surface area (Å²) in [5, 5.41) is 23.8. The van der Waals surface area contributed by atoms with Crippen LogP contribution in [0.25, 0.3) is 40.6 Å². The van der Waals surface area contributed by atoms with Crippen molar-refractivity contribution in [3.05, 3.63) is 112 Å². The highest BCUT2D eigenvalue weighted by molar-refractivity contribution is 5.77. The SMILES string of the molecule is Cc1ccc(-c2nn(-c3ccccc3)cc2/C=C/c2nnc(-c3ccc([N+](=O)[O-])cc3)o2)cc1. The Morgan fingerprint density at radius 3 is 2.29 bits per heavy atom. The molecule has 34 heavy (non-hydrogen) atoms. The molecule has 0 spiro atoms. The van der Waals surface area contributed by atoms with E-state index in [0.29, 0.717) is 11.5 Å². The highest BCUT2D eigenvalue weighted by atomic mass is 16.6. The molecule has 0 amide bonds. The number of para-hydroxylation sites is 1. The second-order valence-corrected chi connectivity index (χ2v) is 7.66. The fraction of sp³-hybridized carbons (Fsp3) is 0.0385. The molecule has 8 nitrogen and oxygen atoms in total. The van der Waals surface area contributed by atoms with Crippen LogP contribution < -0.4 is 0 Å². The summed E-state index contributed by atoms with van der Waals surface area (Å²) in [4.78, 5) is 10.4. The Kier molecular flexibility index (Phi) is 5.53. The minimum absolute atomic E-state index is 0.00227. The summed E-state index contributed by atoms with van der Waals surface area (Å²) >= 11 is 0. The van der Waals surface area contributed by atoms with Gasteiger partial charge in [-0.1, -0.05) is 48.0 Å². The average Bonchev–Trinajstić information content (AvgIpc) is 3.51. The van der Waals surface area contributed by atoms with E-state index < -0.39 is 4.92 Å². The number of non-ortho nitro benzene ring substituents is 1. The van der Waals surface area contributed by atoms with E-state index in [1.807, 2.05) is 66.3 Å². The molecule has 0 saturated carbocycles. The molecule has 2 aromatic heterocycles. The summed E-state index contributed by atoms with van der Waals surface area (Å²) in [6.45, 7) is 2.05. The highest BCUT2D eigenvalue weighted by Crippen LogP contribution is 2.27. The maximum absolute atomic E-state index is 10.8. The molecule has 0 saturated heterocycles. The highest BCUT2D eigenvalue weighted by Gasteiger charge is 2.12. The van der Waals surface area contributed by atoms with E-state index in [1.54, 1.807) is 18.2 Å². The Morgan fingerprint density at radius 2 is 1.59 bits per heavy atom. The van der Waals surface area contributed by atoms with Gasteiger partial charge in [-0.2, -0.15) is 5.10 Å². The topological polar surface area (TPSA) is 99.9 Å². The third-order valence-electron chi connectivity index (χ3n) is 5.26. The van der Waals surface area contributed by atoms with E-state index in [1.165, 1.54) is 17.7 Å². The van der Waals surface area contributed by atoms with Gasteiger partial charge in [-0.05, 0) is 37.3 Å². The van der Waals surface area contributed by atoms with Crippen LogP contribution in [0.4, 0.5) is 5.69 Å². The molecule has 0 atom stereocenters. The summed E-state index contributed by atoms with van der Waals surface area (Å²) in [7, 11) is 0. The number of nitrogens with zero attached hydrogens (tertiary/aromatic N) is 5. The van der Waals surface area contributed by atoms with Gasteiger partial charge in [0.2, 0.25) is 11.8 Å². The van der Waals surface area contributed by atoms with E-state index in [2.05, 4.69) is 22.3 Å². The van der Waals surface area contributed by atoms with Crippen LogP contribution in [0.2, 0.25) is 0 Å². The number of hydrogen-bond donors (Lipinski definition) is 0. The standard InChI is InChI=1S/C26H19N5O3/c1-18-7-9-19(10-8-18)25-21(17-30(29-25)22-5-3-2-4-6-22)13-16-24-27-28-26(34-24)20-11-14-23(15-12-20)31(32)33/h2-17H,1H3/b16-13+. The van der Waals surface area contributed by atoms with E-state index in [-0.39, 0.29) is 11.6 Å². The minimum Gasteiger partial charge on any atom is -0.417 e. The lowest BCUT2D eigenvalue weighted by Gasteiger charge is -2.01. The lowest BCUT2D eigenvalue weighted by molar-refractivity contribution is -0.384. The van der Waals surface area contributed by atoms with Crippen molar-refractivity contribution in [1.29, 1.82) is 0 Å². The first-order valence-corrected chi connectivity index (χ1v) is 10.6. The van der Waals surface area contributed by atoms with Crippen LogP contribution in [-0.2, 0) is 0 Å². The zero-order valence-electron chi connectivity index (χ0n) is 18.2. The summed E-state index contributed by atoms with van der Waals surface area (Å²) in [6, 6.07) is 24.1. The zero-order chi connectivity index (χ0) is 23.5. The van der Waals surface area contributed by atoms with E-state index in [9.17, 15) is 10.1 Å². The number of hydrogen-bond acceptors (Lipinski definition) is 6. The van der Waals surface area contributed by atoms with Crippen molar-refractivity contribution in [1.82, 2.24) is 20.0 Å². The van der Waals surface area contributed by atoms with Crippen molar-refractivity contribution < 1.29 is 9.34 Å². The first-order valence-electron chi connectivity index (χ1n) is 10.6. The molecule has 0 radical (unpaired) electrons. The first kappa shape index (κ1) is 21.0. The maximum Gasteiger partial charge on any atom is 0.269 e. The summed E-state index contributed by atoms with van der Waals surface area (Å²) in [5.74, 6) is 0.601. The van der Waals surface area contributed by atoms with E-state index in [0.717, 1.165) is 22.5 Å². The van der Waals surface area contributed by atoms with Crippen molar-refractivity contribution in [2.24, 2.45) is 0 Å². The smallest absolute Gasteiger partial charge is 0.269 e. The maximum atomic E-state index is 10.8. The Morgan fingerprint density at radius 1 is 0.882 bits per heavy atom. The monoisotopic (exact) mass is 449 g/mol. The Labute approximate surface area is 195 Å². The lowest BCUT2D eigenvalue weighted by Crippen LogP contribution is -1.93. The number of rotatable bonds is 6. The molecule has 0 N–H and O–H groups in total. The van der Waals surface area contributed by atoms with Gasteiger partial charge in [0.15, 0.2) is 0 Å². The van der Waals surface area contributed by atoms with Crippen LogP contribution in [0.15, 0.2) is 89.5 Å². The molecule has 0 unspecified atom stereocenters. The normalized spacial score (nSPS) is 11.2.